The molecule has 8 heteroatoms. The molecule has 0 bridgehead atoms. The average molecular weight is 769 g/mol. The van der Waals surface area contributed by atoms with Gasteiger partial charge in [-0.2, -0.15) is 0 Å². The molecular weight excluding hydrogens is 733 g/mol. The third-order valence-electron chi connectivity index (χ3n) is 14.0. The minimum Gasteiger partial charge on any atom is -0.287 e. The third kappa shape index (κ3) is 4.32. The lowest BCUT2D eigenvalue weighted by Gasteiger charge is -2.40. The zero-order valence-electron chi connectivity index (χ0n) is 30.7. The van der Waals surface area contributed by atoms with Gasteiger partial charge in [0.1, 0.15) is 10.0 Å². The summed E-state index contributed by atoms with van der Waals surface area (Å²) in [4.78, 5) is 65.3. The zero-order valence-corrected chi connectivity index (χ0v) is 32.3. The van der Waals surface area contributed by atoms with Gasteiger partial charge in [-0.3, -0.25) is 19.2 Å². The molecular formula is C48H36N2O4S2. The van der Waals surface area contributed by atoms with E-state index >= 15 is 0 Å². The number of rotatable bonds is 2. The van der Waals surface area contributed by atoms with E-state index in [2.05, 4.69) is 36.4 Å². The molecule has 0 aliphatic heterocycles. The lowest BCUT2D eigenvalue weighted by atomic mass is 9.63. The van der Waals surface area contributed by atoms with Crippen molar-refractivity contribution >= 4 is 65.4 Å². The van der Waals surface area contributed by atoms with Gasteiger partial charge in [-0.1, -0.05) is 111 Å². The van der Waals surface area contributed by atoms with E-state index < -0.39 is 0 Å². The summed E-state index contributed by atoms with van der Waals surface area (Å²) in [7, 11) is 0. The second-order valence-electron chi connectivity index (χ2n) is 16.7. The van der Waals surface area contributed by atoms with Crippen LogP contribution in [0.4, 0.5) is 10.0 Å². The summed E-state index contributed by atoms with van der Waals surface area (Å²) in [6.07, 6.45) is 21.6. The Morgan fingerprint density at radius 1 is 0.482 bits per heavy atom. The van der Waals surface area contributed by atoms with E-state index in [9.17, 15) is 19.2 Å². The van der Waals surface area contributed by atoms with Crippen LogP contribution in [0.1, 0.15) is 85.1 Å². The zero-order chi connectivity index (χ0) is 37.5. The molecule has 2 atom stereocenters. The molecule has 12 rings (SSSR count). The van der Waals surface area contributed by atoms with E-state index in [0.29, 0.717) is 21.5 Å². The van der Waals surface area contributed by atoms with Crippen LogP contribution in [0, 0.1) is 11.8 Å². The lowest BCUT2D eigenvalue weighted by Crippen LogP contribution is -2.32. The van der Waals surface area contributed by atoms with E-state index in [1.165, 1.54) is 56.0 Å². The molecule has 0 radical (unpaired) electrons. The maximum atomic E-state index is 13.3. The number of allylic oxidation sites excluding steroid dienone is 8. The van der Waals surface area contributed by atoms with Crippen LogP contribution in [0.2, 0.25) is 0 Å². The second-order valence-corrected chi connectivity index (χ2v) is 18.8. The first kappa shape index (κ1) is 33.0. The Kier molecular flexibility index (Phi) is 6.88. The van der Waals surface area contributed by atoms with E-state index in [1.54, 1.807) is 71.2 Å². The molecule has 2 saturated carbocycles. The molecule has 274 valence electrons. The Morgan fingerprint density at radius 3 is 1.20 bits per heavy atom. The topological polar surface area (TPSA) is 93.0 Å². The van der Waals surface area contributed by atoms with Gasteiger partial charge in [-0.15, -0.1) is 22.7 Å². The van der Waals surface area contributed by atoms with E-state index in [0.717, 1.165) is 61.4 Å². The molecule has 0 amide bonds. The summed E-state index contributed by atoms with van der Waals surface area (Å²) >= 11 is 3.26. The summed E-state index contributed by atoms with van der Waals surface area (Å²) in [6, 6.07) is 18.4. The largest absolute Gasteiger partial charge is 0.287 e. The Labute approximate surface area is 329 Å². The van der Waals surface area contributed by atoms with Crippen LogP contribution in [0.5, 0.6) is 0 Å². The summed E-state index contributed by atoms with van der Waals surface area (Å²) in [5, 5.41) is 3.31. The van der Waals surface area contributed by atoms with Gasteiger partial charge in [-0.05, 0) is 71.2 Å². The molecule has 6 aromatic rings. The van der Waals surface area contributed by atoms with Crippen LogP contribution in [0.25, 0.3) is 32.7 Å². The van der Waals surface area contributed by atoms with Crippen molar-refractivity contribution in [3.05, 3.63) is 169 Å². The highest BCUT2D eigenvalue weighted by Crippen LogP contribution is 2.65. The van der Waals surface area contributed by atoms with Gasteiger partial charge < -0.3 is 0 Å². The second kappa shape index (κ2) is 11.7. The van der Waals surface area contributed by atoms with Crippen molar-refractivity contribution in [1.82, 2.24) is 0 Å². The van der Waals surface area contributed by atoms with Crippen LogP contribution >= 0.6 is 22.7 Å². The molecule has 2 fully saturated rings. The average Bonchev–Trinajstić information content (AvgIpc) is 4.05. The Hall–Kier alpha value is -5.18. The first-order valence-electron chi connectivity index (χ1n) is 20.1. The standard InChI is InChI=1S/C48H36N2O4S2/c51-41-27-11-3-4-12-28(27)42(52)39(41)49-37-23-35-45(55-37)31-19-26-22-34-32(20-25(26)21-33(31)47(35)15-7-1-8-16-47)46-36(48(34)17-9-2-10-18-48)24-38(56-46)50-40-43(53)29-13-5-6-14-30(29)44(40)54/h3-6,11-14,19-26H,1-2,7-10,15-18H2. The minimum absolute atomic E-state index is 0.0273. The maximum Gasteiger partial charge on any atom is 0.216 e. The van der Waals surface area contributed by atoms with Crippen LogP contribution in [-0.4, -0.2) is 0 Å². The van der Waals surface area contributed by atoms with Gasteiger partial charge in [0.2, 0.25) is 21.7 Å². The number of benzene rings is 2. The van der Waals surface area contributed by atoms with Crippen LogP contribution in [0.15, 0.2) is 125 Å². The maximum absolute atomic E-state index is 13.3. The smallest absolute Gasteiger partial charge is 0.216 e. The number of thiophene rings is 2. The van der Waals surface area contributed by atoms with E-state index in [-0.39, 0.29) is 55.1 Å². The molecule has 56 heavy (non-hydrogen) atoms. The van der Waals surface area contributed by atoms with Gasteiger partial charge in [0.05, 0.1) is 0 Å². The molecule has 6 aliphatic carbocycles. The van der Waals surface area contributed by atoms with E-state index in [1.807, 2.05) is 0 Å². The van der Waals surface area contributed by atoms with Crippen LogP contribution in [0.3, 0.4) is 0 Å². The fourth-order valence-electron chi connectivity index (χ4n) is 11.5. The monoisotopic (exact) mass is 768 g/mol. The first-order valence-corrected chi connectivity index (χ1v) is 21.7. The van der Waals surface area contributed by atoms with Gasteiger partial charge in [0.25, 0.3) is 0 Å². The molecule has 0 saturated heterocycles. The van der Waals surface area contributed by atoms with Crippen molar-refractivity contribution in [2.45, 2.75) is 75.0 Å². The minimum atomic E-state index is -0.282. The van der Waals surface area contributed by atoms with Crippen LogP contribution < -0.4 is 32.4 Å². The highest BCUT2D eigenvalue weighted by Gasteiger charge is 2.52. The summed E-state index contributed by atoms with van der Waals surface area (Å²) < 4.78 is 0. The molecule has 2 spiro atoms. The number of hydrogen-bond donors (Lipinski definition) is 0. The van der Waals surface area contributed by atoms with Gasteiger partial charge in [0.15, 0.2) is 10.7 Å². The Morgan fingerprint density at radius 2 is 0.839 bits per heavy atom. The lowest BCUT2D eigenvalue weighted by molar-refractivity contribution is 0.347. The van der Waals surface area contributed by atoms with Gasteiger partial charge in [0, 0.05) is 54.0 Å². The molecule has 6 aliphatic rings. The van der Waals surface area contributed by atoms with Gasteiger partial charge >= 0.3 is 0 Å². The number of nitrogens with zero attached hydrogens (tertiary/aromatic N) is 2. The molecule has 6 nitrogen and oxygen atoms in total. The fourth-order valence-corrected chi connectivity index (χ4v) is 13.8. The first-order chi connectivity index (χ1) is 27.3. The molecule has 2 unspecified atom stereocenters. The summed E-state index contributed by atoms with van der Waals surface area (Å²) in [6.45, 7) is 0. The number of fused-ring (bicyclic) bond motifs is 13. The van der Waals surface area contributed by atoms with Crippen molar-refractivity contribution in [2.75, 3.05) is 0 Å². The van der Waals surface area contributed by atoms with Crippen LogP contribution in [-0.2, 0) is 10.8 Å². The SMILES string of the molecule is O=c1c(=Nc2cc3c(s2)C2=CC4C=C5C(=CC4C=C2C32CCCCC2)c2sc(N=c3c(=O)c4ccccc4c3=O)cc2C52CCCCC2)c(=O)c2ccccc12. The molecule has 0 N–H and O–H groups in total. The Balaban J connectivity index is 0.990. The summed E-state index contributed by atoms with van der Waals surface area (Å²) in [5.41, 5.74) is 6.84. The van der Waals surface area contributed by atoms with Crippen molar-refractivity contribution in [3.63, 3.8) is 0 Å². The normalized spacial score (nSPS) is 22.6. The highest BCUT2D eigenvalue weighted by atomic mass is 32.1. The quantitative estimate of drug-likeness (QED) is 0.176. The predicted octanol–water partition coefficient (Wildman–Crippen LogP) is 8.78. The van der Waals surface area contributed by atoms with Crippen molar-refractivity contribution in [2.24, 2.45) is 21.8 Å². The molecule has 2 aromatic heterocycles. The van der Waals surface area contributed by atoms with Crippen molar-refractivity contribution < 1.29 is 0 Å². The van der Waals surface area contributed by atoms with Crippen molar-refractivity contribution in [3.8, 4) is 0 Å². The van der Waals surface area contributed by atoms with E-state index in [4.69, 9.17) is 9.98 Å². The van der Waals surface area contributed by atoms with Gasteiger partial charge in [-0.25, -0.2) is 9.98 Å². The number of hydrogen-bond acceptors (Lipinski definition) is 8. The highest BCUT2D eigenvalue weighted by molar-refractivity contribution is 7.17. The summed E-state index contributed by atoms with van der Waals surface area (Å²) in [5.74, 6) is 0.423. The fraction of sp³-hybridized carbons (Fsp3) is 0.292. The molecule has 2 heterocycles. The predicted molar refractivity (Wildman–Crippen MR) is 225 cm³/mol. The molecule has 4 aromatic carbocycles. The third-order valence-corrected chi connectivity index (χ3v) is 16.1. The Bertz CT molecular complexity index is 2890. The van der Waals surface area contributed by atoms with Crippen molar-refractivity contribution in [1.29, 1.82) is 0 Å².